The Morgan fingerprint density at radius 1 is 1.21 bits per heavy atom. The van der Waals surface area contributed by atoms with Crippen LogP contribution in [0.2, 0.25) is 0 Å². The predicted octanol–water partition coefficient (Wildman–Crippen LogP) is 3.02. The number of aliphatic hydroxyl groups is 1. The summed E-state index contributed by atoms with van der Waals surface area (Å²) in [6, 6.07) is 6.72. The van der Waals surface area contributed by atoms with E-state index in [4.69, 9.17) is 4.74 Å². The van der Waals surface area contributed by atoms with Crippen LogP contribution in [-0.2, 0) is 9.59 Å². The van der Waals surface area contributed by atoms with E-state index in [2.05, 4.69) is 11.5 Å². The highest BCUT2D eigenvalue weighted by Gasteiger charge is 2.42. The van der Waals surface area contributed by atoms with Crippen LogP contribution in [0.5, 0.6) is 5.75 Å². The zero-order valence-electron chi connectivity index (χ0n) is 16.4. The second kappa shape index (κ2) is 9.06. The molecule has 6 heteroatoms. The molecular weight excluding hydrogens is 356 g/mol. The quantitative estimate of drug-likeness (QED) is 0.698. The lowest BCUT2D eigenvalue weighted by atomic mass is 9.96. The fourth-order valence-corrected chi connectivity index (χ4v) is 3.92. The summed E-state index contributed by atoms with van der Waals surface area (Å²) in [5.41, 5.74) is 0.954. The molecular formula is C22H28N2O4. The van der Waals surface area contributed by atoms with E-state index in [0.717, 1.165) is 25.2 Å². The van der Waals surface area contributed by atoms with Gasteiger partial charge in [-0.3, -0.25) is 9.59 Å². The van der Waals surface area contributed by atoms with Crippen molar-refractivity contribution in [2.24, 2.45) is 0 Å². The Morgan fingerprint density at radius 3 is 2.50 bits per heavy atom. The number of carbonyl (C=O) groups is 2. The monoisotopic (exact) mass is 384 g/mol. The van der Waals surface area contributed by atoms with Crippen LogP contribution in [0.4, 0.5) is 0 Å². The highest BCUT2D eigenvalue weighted by atomic mass is 16.5. The minimum Gasteiger partial charge on any atom is -0.503 e. The van der Waals surface area contributed by atoms with Gasteiger partial charge in [0.05, 0.1) is 11.6 Å². The lowest BCUT2D eigenvalue weighted by Gasteiger charge is -2.31. The maximum Gasteiger partial charge on any atom is 0.290 e. The predicted molar refractivity (Wildman–Crippen MR) is 107 cm³/mol. The molecule has 0 spiro atoms. The summed E-state index contributed by atoms with van der Waals surface area (Å²) in [6.45, 7) is 8.69. The fourth-order valence-electron chi connectivity index (χ4n) is 3.92. The van der Waals surface area contributed by atoms with Gasteiger partial charge in [-0.05, 0) is 50.6 Å². The third-order valence-electron chi connectivity index (χ3n) is 5.35. The maximum atomic E-state index is 12.7. The van der Waals surface area contributed by atoms with E-state index < -0.39 is 17.7 Å². The molecule has 1 unspecified atom stereocenters. The van der Waals surface area contributed by atoms with Crippen molar-refractivity contribution in [3.05, 3.63) is 53.8 Å². The molecule has 0 radical (unpaired) electrons. The van der Waals surface area contributed by atoms with Gasteiger partial charge in [0.25, 0.3) is 5.91 Å². The van der Waals surface area contributed by atoms with Crippen LogP contribution in [0.25, 0.3) is 0 Å². The number of aliphatic hydroxyl groups excluding tert-OH is 1. The number of piperidine rings is 1. The molecule has 0 bridgehead atoms. The minimum atomic E-state index is -0.566. The molecule has 6 nitrogen and oxygen atoms in total. The van der Waals surface area contributed by atoms with Gasteiger partial charge < -0.3 is 19.6 Å². The number of benzene rings is 1. The second-order valence-electron chi connectivity index (χ2n) is 7.29. The second-order valence-corrected chi connectivity index (χ2v) is 7.29. The SMILES string of the molecule is C=CCOc1ccc(C2C(C(C)=O)=C(O)C(=O)N2CCN2CCCCC2)cc1. The molecule has 1 fully saturated rings. The number of rotatable bonds is 8. The largest absolute Gasteiger partial charge is 0.503 e. The topological polar surface area (TPSA) is 70.1 Å². The molecule has 1 saturated heterocycles. The highest BCUT2D eigenvalue weighted by molar-refractivity contribution is 6.08. The lowest BCUT2D eigenvalue weighted by molar-refractivity contribution is -0.129. The summed E-state index contributed by atoms with van der Waals surface area (Å²) >= 11 is 0. The first-order valence-electron chi connectivity index (χ1n) is 9.84. The van der Waals surface area contributed by atoms with Gasteiger partial charge in [-0.1, -0.05) is 31.2 Å². The molecule has 2 heterocycles. The van der Waals surface area contributed by atoms with Gasteiger partial charge in [0.2, 0.25) is 0 Å². The third-order valence-corrected chi connectivity index (χ3v) is 5.35. The van der Waals surface area contributed by atoms with E-state index in [1.165, 1.54) is 26.2 Å². The molecule has 1 aromatic rings. The smallest absolute Gasteiger partial charge is 0.290 e. The highest BCUT2D eigenvalue weighted by Crippen LogP contribution is 2.38. The van der Waals surface area contributed by atoms with E-state index in [1.807, 2.05) is 12.1 Å². The Balaban J connectivity index is 1.82. The molecule has 3 rings (SSSR count). The van der Waals surface area contributed by atoms with Crippen LogP contribution in [0, 0.1) is 0 Å². The Bertz CT molecular complexity index is 763. The molecule has 1 aromatic carbocycles. The molecule has 1 atom stereocenters. The molecule has 2 aliphatic rings. The van der Waals surface area contributed by atoms with Gasteiger partial charge in [-0.25, -0.2) is 0 Å². The van der Waals surface area contributed by atoms with Crippen molar-refractivity contribution in [1.82, 2.24) is 9.80 Å². The standard InChI is InChI=1S/C22H28N2O4/c1-3-15-28-18-9-7-17(8-10-18)20-19(16(2)25)21(26)22(27)24(20)14-13-23-11-5-4-6-12-23/h3,7-10,20,26H,1,4-6,11-15H2,2H3. The molecule has 0 aromatic heterocycles. The van der Waals surface area contributed by atoms with Crippen LogP contribution >= 0.6 is 0 Å². The van der Waals surface area contributed by atoms with Crippen molar-refractivity contribution < 1.29 is 19.4 Å². The van der Waals surface area contributed by atoms with Gasteiger partial charge in [-0.2, -0.15) is 0 Å². The number of ketones is 1. The van der Waals surface area contributed by atoms with Crippen LogP contribution in [0.3, 0.4) is 0 Å². The summed E-state index contributed by atoms with van der Waals surface area (Å²) in [7, 11) is 0. The number of carbonyl (C=O) groups excluding carboxylic acids is 2. The first kappa shape index (κ1) is 20.1. The minimum absolute atomic E-state index is 0.170. The normalized spacial score (nSPS) is 20.5. The summed E-state index contributed by atoms with van der Waals surface area (Å²) < 4.78 is 5.51. The van der Waals surface area contributed by atoms with Crippen molar-refractivity contribution in [2.75, 3.05) is 32.8 Å². The van der Waals surface area contributed by atoms with Gasteiger partial charge in [-0.15, -0.1) is 0 Å². The van der Waals surface area contributed by atoms with Gasteiger partial charge in [0.1, 0.15) is 12.4 Å². The van der Waals surface area contributed by atoms with Crippen molar-refractivity contribution in [3.8, 4) is 5.75 Å². The van der Waals surface area contributed by atoms with Gasteiger partial charge in [0.15, 0.2) is 11.5 Å². The van der Waals surface area contributed by atoms with E-state index >= 15 is 0 Å². The zero-order valence-corrected chi connectivity index (χ0v) is 16.4. The molecule has 0 aliphatic carbocycles. The molecule has 28 heavy (non-hydrogen) atoms. The maximum absolute atomic E-state index is 12.7. The molecule has 150 valence electrons. The number of nitrogens with zero attached hydrogens (tertiary/aromatic N) is 2. The third kappa shape index (κ3) is 4.28. The van der Waals surface area contributed by atoms with Gasteiger partial charge in [0, 0.05) is 13.1 Å². The first-order chi connectivity index (χ1) is 13.5. The Kier molecular flexibility index (Phi) is 6.52. The lowest BCUT2D eigenvalue weighted by Crippen LogP contribution is -2.40. The number of likely N-dealkylation sites (tertiary alicyclic amines) is 1. The number of hydrogen-bond donors (Lipinski definition) is 1. The molecule has 0 saturated carbocycles. The number of hydrogen-bond acceptors (Lipinski definition) is 5. The number of amides is 1. The van der Waals surface area contributed by atoms with E-state index in [0.29, 0.717) is 18.9 Å². The number of Topliss-reactive ketones (excluding diaryl/α,β-unsaturated/α-hetero) is 1. The van der Waals surface area contributed by atoms with Crippen molar-refractivity contribution in [2.45, 2.75) is 32.2 Å². The zero-order chi connectivity index (χ0) is 20.1. The summed E-state index contributed by atoms with van der Waals surface area (Å²) in [6.07, 6.45) is 5.26. The van der Waals surface area contributed by atoms with E-state index in [1.54, 1.807) is 23.1 Å². The Hall–Kier alpha value is -2.60. The Morgan fingerprint density at radius 2 is 1.89 bits per heavy atom. The van der Waals surface area contributed by atoms with Crippen molar-refractivity contribution in [1.29, 1.82) is 0 Å². The van der Waals surface area contributed by atoms with Crippen LogP contribution in [-0.4, -0.2) is 59.4 Å². The van der Waals surface area contributed by atoms with Crippen molar-refractivity contribution in [3.63, 3.8) is 0 Å². The summed E-state index contributed by atoms with van der Waals surface area (Å²) in [5, 5.41) is 10.4. The fraction of sp³-hybridized carbons (Fsp3) is 0.455. The molecule has 1 N–H and O–H groups in total. The summed E-state index contributed by atoms with van der Waals surface area (Å²) in [5.74, 6) is -0.504. The van der Waals surface area contributed by atoms with Crippen LogP contribution in [0.1, 0.15) is 37.8 Å². The first-order valence-corrected chi connectivity index (χ1v) is 9.84. The Labute approximate surface area is 166 Å². The average Bonchev–Trinajstić information content (AvgIpc) is 2.96. The average molecular weight is 384 g/mol. The van der Waals surface area contributed by atoms with E-state index in [9.17, 15) is 14.7 Å². The van der Waals surface area contributed by atoms with Crippen LogP contribution < -0.4 is 4.74 Å². The molecule has 1 amide bonds. The molecule has 2 aliphatic heterocycles. The van der Waals surface area contributed by atoms with Crippen LogP contribution in [0.15, 0.2) is 48.3 Å². The summed E-state index contributed by atoms with van der Waals surface area (Å²) in [4.78, 5) is 28.8. The van der Waals surface area contributed by atoms with Crippen molar-refractivity contribution >= 4 is 11.7 Å². The number of ether oxygens (including phenoxy) is 1. The van der Waals surface area contributed by atoms with E-state index in [-0.39, 0.29) is 11.4 Å². The van der Waals surface area contributed by atoms with Gasteiger partial charge >= 0.3 is 0 Å².